The molecule has 0 spiro atoms. The summed E-state index contributed by atoms with van der Waals surface area (Å²) >= 11 is 0. The molecule has 144 valence electrons. The lowest BCUT2D eigenvalue weighted by atomic mass is 10.0. The summed E-state index contributed by atoms with van der Waals surface area (Å²) in [7, 11) is 0. The average molecular weight is 375 g/mol. The lowest BCUT2D eigenvalue weighted by Crippen LogP contribution is -2.39. The van der Waals surface area contributed by atoms with Crippen molar-refractivity contribution in [1.29, 1.82) is 0 Å². The number of nitrogens with zero attached hydrogens (tertiary/aromatic N) is 1. The van der Waals surface area contributed by atoms with Crippen molar-refractivity contribution in [3.8, 4) is 11.1 Å². The van der Waals surface area contributed by atoms with E-state index in [1.807, 2.05) is 0 Å². The Bertz CT molecular complexity index is 826. The Morgan fingerprint density at radius 2 is 1.70 bits per heavy atom. The highest BCUT2D eigenvalue weighted by atomic mass is 19.1. The SMILES string of the molecule is C[C@@H](/C=C/c1cc(F)cc(-c2ccc(F)cc2)c1)N(O)C(=O)OC(C)(C)C. The molecule has 2 rings (SSSR count). The smallest absolute Gasteiger partial charge is 0.434 e. The molecule has 1 atom stereocenters. The Morgan fingerprint density at radius 1 is 1.07 bits per heavy atom. The molecule has 0 aliphatic carbocycles. The minimum Gasteiger partial charge on any atom is -0.442 e. The Labute approximate surface area is 157 Å². The van der Waals surface area contributed by atoms with E-state index in [0.717, 1.165) is 0 Å². The zero-order chi connectivity index (χ0) is 20.2. The quantitative estimate of drug-likeness (QED) is 0.554. The first-order chi connectivity index (χ1) is 12.5. The molecule has 0 heterocycles. The van der Waals surface area contributed by atoms with Gasteiger partial charge in [-0.05, 0) is 74.7 Å². The van der Waals surface area contributed by atoms with Gasteiger partial charge in [0.25, 0.3) is 0 Å². The average Bonchev–Trinajstić information content (AvgIpc) is 2.57. The number of hydrogen-bond acceptors (Lipinski definition) is 3. The number of hydrogen-bond donors (Lipinski definition) is 1. The van der Waals surface area contributed by atoms with Gasteiger partial charge in [0, 0.05) is 0 Å². The van der Waals surface area contributed by atoms with Crippen molar-refractivity contribution in [2.24, 2.45) is 0 Å². The van der Waals surface area contributed by atoms with Crippen LogP contribution in [-0.2, 0) is 4.74 Å². The van der Waals surface area contributed by atoms with E-state index in [4.69, 9.17) is 4.74 Å². The molecule has 0 aromatic heterocycles. The van der Waals surface area contributed by atoms with Crippen molar-refractivity contribution < 1.29 is 23.5 Å². The van der Waals surface area contributed by atoms with E-state index in [0.29, 0.717) is 21.8 Å². The predicted molar refractivity (Wildman–Crippen MR) is 100 cm³/mol. The third-order valence-electron chi connectivity index (χ3n) is 3.63. The third kappa shape index (κ3) is 6.18. The molecule has 6 heteroatoms. The highest BCUT2D eigenvalue weighted by molar-refractivity contribution is 5.69. The van der Waals surface area contributed by atoms with Gasteiger partial charge in [-0.25, -0.2) is 13.6 Å². The fourth-order valence-corrected chi connectivity index (χ4v) is 2.32. The highest BCUT2D eigenvalue weighted by Crippen LogP contribution is 2.23. The minimum atomic E-state index is -0.870. The van der Waals surface area contributed by atoms with Gasteiger partial charge in [-0.1, -0.05) is 24.3 Å². The van der Waals surface area contributed by atoms with Crippen molar-refractivity contribution in [2.75, 3.05) is 0 Å². The molecule has 0 fully saturated rings. The molecule has 1 amide bonds. The molecule has 27 heavy (non-hydrogen) atoms. The molecule has 0 unspecified atom stereocenters. The maximum atomic E-state index is 13.9. The molecule has 1 N–H and O–H groups in total. The summed E-state index contributed by atoms with van der Waals surface area (Å²) in [6.45, 7) is 6.69. The molecule has 4 nitrogen and oxygen atoms in total. The molecule has 0 radical (unpaired) electrons. The molecule has 0 aliphatic heterocycles. The molecule has 0 bridgehead atoms. The van der Waals surface area contributed by atoms with Crippen LogP contribution in [-0.4, -0.2) is 28.0 Å². The second-order valence-electron chi connectivity index (χ2n) is 7.20. The van der Waals surface area contributed by atoms with Crippen molar-refractivity contribution >= 4 is 12.2 Å². The monoisotopic (exact) mass is 375 g/mol. The first-order valence-electron chi connectivity index (χ1n) is 8.51. The Kier molecular flexibility index (Phi) is 6.33. The van der Waals surface area contributed by atoms with E-state index in [9.17, 15) is 18.8 Å². The number of carbonyl (C=O) groups excluding carboxylic acids is 1. The van der Waals surface area contributed by atoms with E-state index >= 15 is 0 Å². The number of halogens is 2. The number of ether oxygens (including phenoxy) is 1. The van der Waals surface area contributed by atoms with E-state index in [1.54, 1.807) is 58.0 Å². The highest BCUT2D eigenvalue weighted by Gasteiger charge is 2.23. The van der Waals surface area contributed by atoms with Gasteiger partial charge in [-0.3, -0.25) is 5.21 Å². The molecule has 0 aliphatic rings. The summed E-state index contributed by atoms with van der Waals surface area (Å²) < 4.78 is 32.1. The first-order valence-corrected chi connectivity index (χ1v) is 8.51. The van der Waals surface area contributed by atoms with Gasteiger partial charge in [-0.15, -0.1) is 0 Å². The maximum absolute atomic E-state index is 13.9. The van der Waals surface area contributed by atoms with Gasteiger partial charge in [0.2, 0.25) is 0 Å². The zero-order valence-corrected chi connectivity index (χ0v) is 15.7. The largest absolute Gasteiger partial charge is 0.442 e. The molecule has 2 aromatic rings. The molecule has 2 aromatic carbocycles. The van der Waals surface area contributed by atoms with Crippen LogP contribution in [0.1, 0.15) is 33.3 Å². The Balaban J connectivity index is 2.16. The fourth-order valence-electron chi connectivity index (χ4n) is 2.32. The first kappa shape index (κ1) is 20.6. The van der Waals surface area contributed by atoms with E-state index < -0.39 is 23.6 Å². The van der Waals surface area contributed by atoms with Crippen LogP contribution in [0.5, 0.6) is 0 Å². The molecule has 0 saturated heterocycles. The number of hydroxylamine groups is 2. The van der Waals surface area contributed by atoms with Crippen LogP contribution in [0, 0.1) is 11.6 Å². The standard InChI is InChI=1S/C21H23F2NO3/c1-14(24(26)20(25)27-21(2,3)4)5-6-15-11-17(13-19(23)12-15)16-7-9-18(22)10-8-16/h5-14,26H,1-4H3/b6-5+/t14-/m0/s1. The molecule has 0 saturated carbocycles. The summed E-state index contributed by atoms with van der Waals surface area (Å²) in [5, 5.41) is 10.4. The van der Waals surface area contributed by atoms with Crippen LogP contribution in [0.4, 0.5) is 13.6 Å². The van der Waals surface area contributed by atoms with E-state index in [-0.39, 0.29) is 5.82 Å². The van der Waals surface area contributed by atoms with Crippen molar-refractivity contribution in [3.63, 3.8) is 0 Å². The van der Waals surface area contributed by atoms with Gasteiger partial charge in [0.1, 0.15) is 17.2 Å². The van der Waals surface area contributed by atoms with Crippen LogP contribution >= 0.6 is 0 Å². The lowest BCUT2D eigenvalue weighted by molar-refractivity contribution is -0.106. The normalized spacial score (nSPS) is 12.9. The van der Waals surface area contributed by atoms with Crippen LogP contribution in [0.3, 0.4) is 0 Å². The molecular formula is C21H23F2NO3. The minimum absolute atomic E-state index is 0.366. The summed E-state index contributed by atoms with van der Waals surface area (Å²) in [6.07, 6.45) is 2.27. The second-order valence-corrected chi connectivity index (χ2v) is 7.20. The summed E-state index contributed by atoms with van der Waals surface area (Å²) in [6, 6.07) is 9.48. The maximum Gasteiger partial charge on any atom is 0.434 e. The Hall–Kier alpha value is -2.73. The van der Waals surface area contributed by atoms with Crippen LogP contribution in [0.15, 0.2) is 48.5 Å². The van der Waals surface area contributed by atoms with Gasteiger partial charge in [0.05, 0.1) is 6.04 Å². The Morgan fingerprint density at radius 3 is 2.30 bits per heavy atom. The van der Waals surface area contributed by atoms with Crippen molar-refractivity contribution in [2.45, 2.75) is 39.3 Å². The van der Waals surface area contributed by atoms with Gasteiger partial charge < -0.3 is 4.74 Å². The second kappa shape index (κ2) is 8.31. The number of rotatable bonds is 4. The third-order valence-corrected chi connectivity index (χ3v) is 3.63. The van der Waals surface area contributed by atoms with E-state index in [1.165, 1.54) is 24.3 Å². The van der Waals surface area contributed by atoms with Crippen LogP contribution in [0.2, 0.25) is 0 Å². The summed E-state index contributed by atoms with van der Waals surface area (Å²) in [5.74, 6) is -0.814. The summed E-state index contributed by atoms with van der Waals surface area (Å²) in [5.41, 5.74) is 1.08. The lowest BCUT2D eigenvalue weighted by Gasteiger charge is -2.25. The van der Waals surface area contributed by atoms with Gasteiger partial charge in [0.15, 0.2) is 0 Å². The zero-order valence-electron chi connectivity index (χ0n) is 15.7. The number of carbonyl (C=O) groups is 1. The molecular weight excluding hydrogens is 352 g/mol. The predicted octanol–water partition coefficient (Wildman–Crippen LogP) is 5.66. The number of amides is 1. The fraction of sp³-hybridized carbons (Fsp3) is 0.286. The van der Waals surface area contributed by atoms with Gasteiger partial charge in [-0.2, -0.15) is 5.06 Å². The summed E-state index contributed by atoms with van der Waals surface area (Å²) in [4.78, 5) is 11.9. The van der Waals surface area contributed by atoms with Crippen molar-refractivity contribution in [3.05, 3.63) is 65.7 Å². The van der Waals surface area contributed by atoms with Crippen LogP contribution in [0.25, 0.3) is 17.2 Å². The number of benzene rings is 2. The van der Waals surface area contributed by atoms with Crippen LogP contribution < -0.4 is 0 Å². The van der Waals surface area contributed by atoms with Crippen molar-refractivity contribution in [1.82, 2.24) is 5.06 Å². The topological polar surface area (TPSA) is 49.8 Å². The van der Waals surface area contributed by atoms with E-state index in [2.05, 4.69) is 0 Å². The van der Waals surface area contributed by atoms with Gasteiger partial charge >= 0.3 is 6.09 Å².